The second-order valence-corrected chi connectivity index (χ2v) is 5.75. The van der Waals surface area contributed by atoms with Gasteiger partial charge >= 0.3 is 35.8 Å². The van der Waals surface area contributed by atoms with E-state index in [-0.39, 0.29) is 25.7 Å². The molecule has 13 nitrogen and oxygen atoms in total. The topological polar surface area (TPSA) is 239 Å². The van der Waals surface area contributed by atoms with Crippen LogP contribution in [0.1, 0.15) is 38.5 Å². The van der Waals surface area contributed by atoms with E-state index in [0.29, 0.717) is 0 Å². The maximum Gasteiger partial charge on any atom is 0.330 e. The molecule has 0 saturated heterocycles. The third kappa shape index (κ3) is 10.9. The molecule has 0 aliphatic rings. The molecule has 13 heteroatoms. The summed E-state index contributed by atoms with van der Waals surface area (Å²) < 4.78 is 8.81. The number of esters is 4. The summed E-state index contributed by atoms with van der Waals surface area (Å²) in [6, 6.07) is -3.91. The molecule has 0 aliphatic carbocycles. The zero-order valence-corrected chi connectivity index (χ0v) is 14.9. The summed E-state index contributed by atoms with van der Waals surface area (Å²) in [6.07, 6.45) is -1.99. The Morgan fingerprint density at radius 2 is 0.929 bits per heavy atom. The van der Waals surface area contributed by atoms with Gasteiger partial charge in [-0.2, -0.15) is 0 Å². The maximum atomic E-state index is 11.6. The zero-order chi connectivity index (χ0) is 21.9. The van der Waals surface area contributed by atoms with Gasteiger partial charge in [-0.3, -0.25) is 24.0 Å². The molecule has 0 amide bonds. The fraction of sp³-hybridized carbons (Fsp3) is 0.600. The minimum Gasteiger partial charge on any atom is -0.480 e. The summed E-state index contributed by atoms with van der Waals surface area (Å²) in [5.74, 6) is -6.76. The van der Waals surface area contributed by atoms with Gasteiger partial charge in [0.2, 0.25) is 0 Å². The summed E-state index contributed by atoms with van der Waals surface area (Å²) in [5.41, 5.74) is 15.9. The highest BCUT2D eigenvalue weighted by Crippen LogP contribution is 2.04. The Hall–Kier alpha value is -2.90. The minimum atomic E-state index is -1.36. The summed E-state index contributed by atoms with van der Waals surface area (Å²) >= 11 is 0. The first-order chi connectivity index (χ1) is 12.9. The number of hydrogen-bond acceptors (Lipinski definition) is 11. The van der Waals surface area contributed by atoms with E-state index in [9.17, 15) is 28.8 Å². The van der Waals surface area contributed by atoms with Crippen molar-refractivity contribution in [2.24, 2.45) is 17.2 Å². The van der Waals surface area contributed by atoms with Gasteiger partial charge in [-0.05, 0) is 19.3 Å². The molecule has 8 N–H and O–H groups in total. The van der Waals surface area contributed by atoms with Crippen LogP contribution in [0.25, 0.3) is 0 Å². The lowest BCUT2D eigenvalue weighted by atomic mass is 10.1. The summed E-state index contributed by atoms with van der Waals surface area (Å²) in [6.45, 7) is 0. The molecular weight excluding hydrogens is 382 g/mol. The van der Waals surface area contributed by atoms with Gasteiger partial charge in [0.05, 0.1) is 0 Å². The fourth-order valence-corrected chi connectivity index (χ4v) is 1.65. The molecule has 0 rings (SSSR count). The van der Waals surface area contributed by atoms with Gasteiger partial charge in [0.25, 0.3) is 0 Å². The van der Waals surface area contributed by atoms with Gasteiger partial charge in [0, 0.05) is 19.3 Å². The van der Waals surface area contributed by atoms with E-state index in [0.717, 1.165) is 0 Å². The number of hydrogen-bond donors (Lipinski definition) is 5. The van der Waals surface area contributed by atoms with Crippen LogP contribution in [0.5, 0.6) is 0 Å². The Balaban J connectivity index is 4.15. The van der Waals surface area contributed by atoms with Crippen LogP contribution in [0.3, 0.4) is 0 Å². The predicted octanol–water partition coefficient (Wildman–Crippen LogP) is -2.38. The van der Waals surface area contributed by atoms with Crippen molar-refractivity contribution in [3.05, 3.63) is 0 Å². The number of carbonyl (C=O) groups excluding carboxylic acids is 4. The Kier molecular flexibility index (Phi) is 11.2. The first-order valence-corrected chi connectivity index (χ1v) is 8.14. The number of nitrogens with two attached hydrogens (primary N) is 3. The smallest absolute Gasteiger partial charge is 0.330 e. The van der Waals surface area contributed by atoms with Gasteiger partial charge in [-0.25, -0.2) is 4.79 Å². The maximum absolute atomic E-state index is 11.6. The Bertz CT molecular complexity index is 621. The zero-order valence-electron chi connectivity index (χ0n) is 14.9. The summed E-state index contributed by atoms with van der Waals surface area (Å²) in [4.78, 5) is 66.9. The fourth-order valence-electron chi connectivity index (χ4n) is 1.65. The summed E-state index contributed by atoms with van der Waals surface area (Å²) in [7, 11) is 0. The van der Waals surface area contributed by atoms with Crippen molar-refractivity contribution in [3.8, 4) is 0 Å². The van der Waals surface area contributed by atoms with Crippen molar-refractivity contribution in [1.82, 2.24) is 0 Å². The average Bonchev–Trinajstić information content (AvgIpc) is 2.61. The Morgan fingerprint density at radius 3 is 1.29 bits per heavy atom. The van der Waals surface area contributed by atoms with E-state index in [1.54, 1.807) is 0 Å². The van der Waals surface area contributed by atoms with E-state index >= 15 is 0 Å². The molecule has 0 bridgehead atoms. The van der Waals surface area contributed by atoms with Crippen molar-refractivity contribution in [2.75, 3.05) is 0 Å². The van der Waals surface area contributed by atoms with Crippen LogP contribution in [0.15, 0.2) is 0 Å². The lowest BCUT2D eigenvalue weighted by molar-refractivity contribution is -0.160. The lowest BCUT2D eigenvalue weighted by Gasteiger charge is -2.11. The standard InChI is InChI=1S/C15H23N3O10/c16-7(13(22)23)1-4-10(19)27-11(20)6-3-9(18)15(26)28-12(21)5-2-8(17)14(24)25/h7-9H,1-6,16-18H2,(H,22,23)(H,24,25)/t7-,8-,9+/m0/s1. The quantitative estimate of drug-likeness (QED) is 0.168. The van der Waals surface area contributed by atoms with Crippen LogP contribution < -0.4 is 17.2 Å². The molecule has 28 heavy (non-hydrogen) atoms. The highest BCUT2D eigenvalue weighted by atomic mass is 16.6. The van der Waals surface area contributed by atoms with E-state index in [2.05, 4.69) is 9.47 Å². The molecule has 0 fully saturated rings. The van der Waals surface area contributed by atoms with Crippen molar-refractivity contribution < 1.29 is 48.5 Å². The van der Waals surface area contributed by atoms with Gasteiger partial charge in [-0.15, -0.1) is 0 Å². The van der Waals surface area contributed by atoms with Crippen LogP contribution in [0.4, 0.5) is 0 Å². The van der Waals surface area contributed by atoms with Gasteiger partial charge in [0.1, 0.15) is 18.1 Å². The predicted molar refractivity (Wildman–Crippen MR) is 89.1 cm³/mol. The molecule has 0 spiro atoms. The van der Waals surface area contributed by atoms with Crippen molar-refractivity contribution in [1.29, 1.82) is 0 Å². The van der Waals surface area contributed by atoms with Crippen LogP contribution in [0.2, 0.25) is 0 Å². The highest BCUT2D eigenvalue weighted by Gasteiger charge is 2.22. The van der Waals surface area contributed by atoms with Crippen molar-refractivity contribution in [3.63, 3.8) is 0 Å². The highest BCUT2D eigenvalue weighted by molar-refractivity contribution is 5.89. The lowest BCUT2D eigenvalue weighted by Crippen LogP contribution is -2.35. The second kappa shape index (κ2) is 12.5. The van der Waals surface area contributed by atoms with Crippen molar-refractivity contribution >= 4 is 35.8 Å². The van der Waals surface area contributed by atoms with E-state index in [4.69, 9.17) is 27.4 Å². The number of carboxylic acids is 2. The molecule has 0 heterocycles. The molecule has 0 aromatic heterocycles. The normalized spacial score (nSPS) is 13.7. The van der Waals surface area contributed by atoms with Crippen LogP contribution >= 0.6 is 0 Å². The van der Waals surface area contributed by atoms with Crippen LogP contribution in [-0.4, -0.2) is 64.2 Å². The first-order valence-electron chi connectivity index (χ1n) is 8.14. The number of carboxylic acid groups (broad SMARTS) is 2. The summed E-state index contributed by atoms with van der Waals surface area (Å²) in [5, 5.41) is 17.1. The van der Waals surface area contributed by atoms with E-state index < -0.39 is 66.8 Å². The SMILES string of the molecule is N[C@H](CCC(=O)OC(=O)CC[C@H](N)C(=O)O)C(=O)OC(=O)CC[C@H](N)C(=O)O. The number of carbonyl (C=O) groups is 6. The van der Waals surface area contributed by atoms with Crippen LogP contribution in [-0.2, 0) is 38.2 Å². The number of rotatable bonds is 12. The Labute approximate surface area is 159 Å². The van der Waals surface area contributed by atoms with Crippen molar-refractivity contribution in [2.45, 2.75) is 56.7 Å². The molecule has 0 unspecified atom stereocenters. The number of ether oxygens (including phenoxy) is 2. The van der Waals surface area contributed by atoms with Crippen LogP contribution in [0, 0.1) is 0 Å². The third-order valence-corrected chi connectivity index (χ3v) is 3.36. The van der Waals surface area contributed by atoms with Gasteiger partial charge in [-0.1, -0.05) is 0 Å². The second-order valence-electron chi connectivity index (χ2n) is 5.75. The van der Waals surface area contributed by atoms with E-state index in [1.807, 2.05) is 0 Å². The molecular formula is C15H23N3O10. The molecule has 0 radical (unpaired) electrons. The molecule has 0 aromatic carbocycles. The molecule has 0 saturated carbocycles. The largest absolute Gasteiger partial charge is 0.480 e. The monoisotopic (exact) mass is 405 g/mol. The molecule has 3 atom stereocenters. The molecule has 158 valence electrons. The van der Waals surface area contributed by atoms with Gasteiger partial charge in [0.15, 0.2) is 0 Å². The number of aliphatic carboxylic acids is 2. The van der Waals surface area contributed by atoms with E-state index in [1.165, 1.54) is 0 Å². The molecule has 0 aromatic rings. The minimum absolute atomic E-state index is 0.221. The molecule has 0 aliphatic heterocycles. The van der Waals surface area contributed by atoms with Gasteiger partial charge < -0.3 is 36.9 Å². The Morgan fingerprint density at radius 1 is 0.607 bits per heavy atom. The third-order valence-electron chi connectivity index (χ3n) is 3.36. The average molecular weight is 405 g/mol. The first kappa shape index (κ1) is 25.1.